The van der Waals surface area contributed by atoms with E-state index in [0.717, 1.165) is 0 Å². The summed E-state index contributed by atoms with van der Waals surface area (Å²) >= 11 is 0. The summed E-state index contributed by atoms with van der Waals surface area (Å²) in [5, 5.41) is 11.1. The lowest BCUT2D eigenvalue weighted by atomic mass is 10.4. The van der Waals surface area contributed by atoms with Crippen LogP contribution in [0.2, 0.25) is 0 Å². The molecule has 2 aromatic rings. The van der Waals surface area contributed by atoms with Crippen molar-refractivity contribution in [3.8, 4) is 5.88 Å². The first-order valence-corrected chi connectivity index (χ1v) is 5.58. The summed E-state index contributed by atoms with van der Waals surface area (Å²) in [6.45, 7) is -0.752. The van der Waals surface area contributed by atoms with Crippen LogP contribution in [0.1, 0.15) is 0 Å². The van der Waals surface area contributed by atoms with Crippen molar-refractivity contribution in [1.82, 2.24) is 15.2 Å². The first kappa shape index (κ1) is 13.7. The molecule has 0 saturated carbocycles. The Labute approximate surface area is 112 Å². The van der Waals surface area contributed by atoms with Crippen molar-refractivity contribution in [1.29, 1.82) is 0 Å². The van der Waals surface area contributed by atoms with Gasteiger partial charge in [0.15, 0.2) is 6.61 Å². The molecule has 2 amide bonds. The molecule has 0 fully saturated rings. The number of nitrogens with one attached hydrogen (secondary N) is 3. The molecule has 20 heavy (non-hydrogen) atoms. The number of halogens is 2. The Morgan fingerprint density at radius 2 is 2.25 bits per heavy atom. The molecule has 0 aliphatic heterocycles. The Morgan fingerprint density at radius 1 is 1.40 bits per heavy atom. The number of rotatable bonds is 5. The number of hydrogen-bond donors (Lipinski definition) is 3. The van der Waals surface area contributed by atoms with Crippen LogP contribution in [0.5, 0.6) is 5.88 Å². The first-order chi connectivity index (χ1) is 9.63. The zero-order chi connectivity index (χ0) is 14.4. The zero-order valence-corrected chi connectivity index (χ0v) is 10.1. The lowest BCUT2D eigenvalue weighted by Gasteiger charge is -2.08. The molecule has 0 radical (unpaired) electrons. The molecule has 106 valence electrons. The van der Waals surface area contributed by atoms with Crippen LogP contribution in [0, 0.1) is 0 Å². The highest BCUT2D eigenvalue weighted by Gasteiger charge is 2.07. The van der Waals surface area contributed by atoms with E-state index < -0.39 is 19.1 Å². The molecule has 9 heteroatoms. The van der Waals surface area contributed by atoms with Gasteiger partial charge in [-0.3, -0.25) is 10.4 Å². The summed E-state index contributed by atoms with van der Waals surface area (Å²) in [6, 6.07) is 3.91. The molecular weight excluding hydrogens is 272 g/mol. The number of alkyl halides is 2. The predicted molar refractivity (Wildman–Crippen MR) is 67.0 cm³/mol. The minimum atomic E-state index is -2.59. The molecule has 2 heterocycles. The molecule has 0 atom stereocenters. The van der Waals surface area contributed by atoms with Gasteiger partial charge in [0.2, 0.25) is 5.88 Å². The van der Waals surface area contributed by atoms with E-state index in [4.69, 9.17) is 4.74 Å². The summed E-state index contributed by atoms with van der Waals surface area (Å²) < 4.78 is 28.8. The molecule has 0 bridgehead atoms. The van der Waals surface area contributed by atoms with Crippen molar-refractivity contribution < 1.29 is 18.3 Å². The van der Waals surface area contributed by atoms with Gasteiger partial charge in [0.25, 0.3) is 6.43 Å². The molecule has 0 spiro atoms. The van der Waals surface area contributed by atoms with Gasteiger partial charge in [-0.15, -0.1) is 0 Å². The molecule has 0 aliphatic carbocycles. The lowest BCUT2D eigenvalue weighted by Crippen LogP contribution is -2.20. The number of carbonyl (C=O) groups excluding carboxylic acids is 1. The molecule has 0 saturated heterocycles. The summed E-state index contributed by atoms with van der Waals surface area (Å²) in [5.41, 5.74) is 0.479. The Balaban J connectivity index is 1.92. The molecule has 3 N–H and O–H groups in total. The Kier molecular flexibility index (Phi) is 4.43. The van der Waals surface area contributed by atoms with E-state index in [0.29, 0.717) is 5.69 Å². The van der Waals surface area contributed by atoms with E-state index in [2.05, 4.69) is 25.8 Å². The fourth-order valence-corrected chi connectivity index (χ4v) is 1.31. The number of nitrogens with zero attached hydrogens (tertiary/aromatic N) is 2. The van der Waals surface area contributed by atoms with Crippen LogP contribution in [0.4, 0.5) is 25.1 Å². The summed E-state index contributed by atoms with van der Waals surface area (Å²) in [7, 11) is 0. The summed E-state index contributed by atoms with van der Waals surface area (Å²) in [5.74, 6) is 0.184. The van der Waals surface area contributed by atoms with Crippen molar-refractivity contribution in [3.05, 3.63) is 30.6 Å². The largest absolute Gasteiger partial charge is 0.472 e. The van der Waals surface area contributed by atoms with Gasteiger partial charge >= 0.3 is 6.03 Å². The Bertz CT molecular complexity index is 562. The van der Waals surface area contributed by atoms with E-state index in [1.165, 1.54) is 30.6 Å². The third-order valence-corrected chi connectivity index (χ3v) is 2.08. The van der Waals surface area contributed by atoms with Gasteiger partial charge in [-0.25, -0.2) is 13.6 Å². The molecule has 0 aromatic carbocycles. The van der Waals surface area contributed by atoms with Crippen LogP contribution < -0.4 is 15.4 Å². The molecule has 2 rings (SSSR count). The van der Waals surface area contributed by atoms with Gasteiger partial charge < -0.3 is 10.1 Å². The average molecular weight is 283 g/mol. The van der Waals surface area contributed by atoms with Crippen LogP contribution in [0.15, 0.2) is 30.6 Å². The Morgan fingerprint density at radius 3 is 2.95 bits per heavy atom. The minimum Gasteiger partial charge on any atom is -0.472 e. The van der Waals surface area contributed by atoms with Crippen LogP contribution in [-0.4, -0.2) is 34.2 Å². The van der Waals surface area contributed by atoms with Gasteiger partial charge in [-0.2, -0.15) is 10.1 Å². The number of aromatic amines is 1. The number of urea groups is 1. The minimum absolute atomic E-state index is 0.00594. The summed E-state index contributed by atoms with van der Waals surface area (Å²) in [4.78, 5) is 15.5. The van der Waals surface area contributed by atoms with Gasteiger partial charge in [0, 0.05) is 12.3 Å². The van der Waals surface area contributed by atoms with Gasteiger partial charge in [0.05, 0.1) is 11.9 Å². The number of carbonyl (C=O) groups is 1. The second kappa shape index (κ2) is 6.45. The van der Waals surface area contributed by atoms with Crippen LogP contribution in [0.25, 0.3) is 0 Å². The number of aromatic nitrogens is 3. The number of hydrogen-bond acceptors (Lipinski definition) is 4. The number of pyridine rings is 1. The van der Waals surface area contributed by atoms with Crippen molar-refractivity contribution in [3.63, 3.8) is 0 Å². The maximum absolute atomic E-state index is 12.0. The molecule has 2 aromatic heterocycles. The highest BCUT2D eigenvalue weighted by atomic mass is 19.3. The third kappa shape index (κ3) is 4.19. The zero-order valence-electron chi connectivity index (χ0n) is 10.1. The second-order valence-electron chi connectivity index (χ2n) is 3.63. The standard InChI is InChI=1S/C11H11F2N5O2/c12-8(13)6-20-10-3-1-2-9(17-10)18-11(19)16-7-4-14-15-5-7/h1-5,8H,6H2,(H,14,15)(H2,16,17,18,19). The van der Waals surface area contributed by atoms with Crippen LogP contribution >= 0.6 is 0 Å². The van der Waals surface area contributed by atoms with E-state index in [1.807, 2.05) is 0 Å². The van der Waals surface area contributed by atoms with E-state index in [9.17, 15) is 13.6 Å². The van der Waals surface area contributed by atoms with Gasteiger partial charge in [-0.05, 0) is 6.07 Å². The van der Waals surface area contributed by atoms with Crippen molar-refractivity contribution in [2.45, 2.75) is 6.43 Å². The molecular formula is C11H11F2N5O2. The van der Waals surface area contributed by atoms with Crippen molar-refractivity contribution >= 4 is 17.5 Å². The van der Waals surface area contributed by atoms with E-state index in [1.54, 1.807) is 0 Å². The second-order valence-corrected chi connectivity index (χ2v) is 3.63. The number of amides is 2. The molecule has 0 aliphatic rings. The average Bonchev–Trinajstić information content (AvgIpc) is 2.89. The number of ether oxygens (including phenoxy) is 1. The van der Waals surface area contributed by atoms with Gasteiger partial charge in [0.1, 0.15) is 5.82 Å². The topological polar surface area (TPSA) is 91.9 Å². The Hall–Kier alpha value is -2.71. The van der Waals surface area contributed by atoms with Crippen molar-refractivity contribution in [2.75, 3.05) is 17.2 Å². The first-order valence-electron chi connectivity index (χ1n) is 5.58. The number of H-pyrrole nitrogens is 1. The normalized spacial score (nSPS) is 10.3. The van der Waals surface area contributed by atoms with Crippen molar-refractivity contribution in [2.24, 2.45) is 0 Å². The third-order valence-electron chi connectivity index (χ3n) is 2.08. The SMILES string of the molecule is O=C(Nc1cn[nH]c1)Nc1cccc(OCC(F)F)n1. The van der Waals surface area contributed by atoms with E-state index in [-0.39, 0.29) is 11.7 Å². The molecule has 7 nitrogen and oxygen atoms in total. The predicted octanol–water partition coefficient (Wildman–Crippen LogP) is 2.09. The molecule has 0 unspecified atom stereocenters. The maximum Gasteiger partial charge on any atom is 0.324 e. The van der Waals surface area contributed by atoms with Crippen LogP contribution in [0.3, 0.4) is 0 Å². The highest BCUT2D eigenvalue weighted by molar-refractivity contribution is 5.98. The van der Waals surface area contributed by atoms with Gasteiger partial charge in [-0.1, -0.05) is 6.07 Å². The smallest absolute Gasteiger partial charge is 0.324 e. The quantitative estimate of drug-likeness (QED) is 0.783. The summed E-state index contributed by atoms with van der Waals surface area (Å²) in [6.07, 6.45) is 0.336. The van der Waals surface area contributed by atoms with Crippen LogP contribution in [-0.2, 0) is 0 Å². The van der Waals surface area contributed by atoms with E-state index >= 15 is 0 Å². The number of anilines is 2. The lowest BCUT2D eigenvalue weighted by molar-refractivity contribution is 0.0796. The monoisotopic (exact) mass is 283 g/mol. The fourth-order valence-electron chi connectivity index (χ4n) is 1.31. The fraction of sp³-hybridized carbons (Fsp3) is 0.182. The highest BCUT2D eigenvalue weighted by Crippen LogP contribution is 2.12. The maximum atomic E-state index is 12.0.